The molecule has 0 radical (unpaired) electrons. The molecule has 6 atom stereocenters. The number of amides is 4. The van der Waals surface area contributed by atoms with Crippen molar-refractivity contribution in [2.24, 2.45) is 34.5 Å². The van der Waals surface area contributed by atoms with Crippen LogP contribution in [0.1, 0.15) is 93.9 Å². The summed E-state index contributed by atoms with van der Waals surface area (Å²) in [6.45, 7) is 21.5. The highest BCUT2D eigenvalue weighted by Crippen LogP contribution is 2.65. The molecular formula is C40H61N7O6. The predicted octanol–water partition coefficient (Wildman–Crippen LogP) is 4.22. The number of piperidine rings is 1. The number of carbonyl (C=O) groups is 6. The van der Waals surface area contributed by atoms with Gasteiger partial charge >= 0.3 is 6.03 Å². The SMILES string of the molecule is C=CCCC(=O)C(=O)C(CCCC)CC(=O)[C@@H]1[C@@H]2[C@H](CN1C(=O)[C@@H](NC(=O)N[C@H](C(=O)N1CCN(c3ncccn3)CC1)C(C)C)C(C)(C)C)C2(C)C. The third kappa shape index (κ3) is 9.69. The molecule has 1 aliphatic carbocycles. The highest BCUT2D eigenvalue weighted by atomic mass is 16.2. The van der Waals surface area contributed by atoms with Crippen LogP contribution in [0.3, 0.4) is 0 Å². The number of carbonyl (C=O) groups excluding carboxylic acids is 6. The van der Waals surface area contributed by atoms with Gasteiger partial charge in [0.15, 0.2) is 11.6 Å². The lowest BCUT2D eigenvalue weighted by Crippen LogP contribution is -2.62. The Kier molecular flexibility index (Phi) is 13.6. The van der Waals surface area contributed by atoms with Gasteiger partial charge in [-0.05, 0) is 47.5 Å². The first-order valence-electron chi connectivity index (χ1n) is 19.3. The normalized spacial score (nSPS) is 22.4. The van der Waals surface area contributed by atoms with E-state index in [2.05, 4.69) is 41.0 Å². The van der Waals surface area contributed by atoms with Crippen LogP contribution in [0.15, 0.2) is 31.1 Å². The number of hydrogen-bond acceptors (Lipinski definition) is 9. The van der Waals surface area contributed by atoms with E-state index in [0.29, 0.717) is 57.9 Å². The number of rotatable bonds is 17. The fraction of sp³-hybridized carbons (Fsp3) is 0.700. The van der Waals surface area contributed by atoms with Gasteiger partial charge in [-0.2, -0.15) is 0 Å². The van der Waals surface area contributed by atoms with Crippen LogP contribution >= 0.6 is 0 Å². The van der Waals surface area contributed by atoms with Crippen molar-refractivity contribution < 1.29 is 28.8 Å². The number of ketones is 3. The van der Waals surface area contributed by atoms with Gasteiger partial charge in [-0.25, -0.2) is 14.8 Å². The summed E-state index contributed by atoms with van der Waals surface area (Å²) >= 11 is 0. The fourth-order valence-electron chi connectivity index (χ4n) is 8.03. The molecule has 2 saturated heterocycles. The number of fused-ring (bicyclic) bond motifs is 1. The lowest BCUT2D eigenvalue weighted by molar-refractivity contribution is -0.144. The molecule has 53 heavy (non-hydrogen) atoms. The Balaban J connectivity index is 1.47. The van der Waals surface area contributed by atoms with Crippen LogP contribution in [0, 0.1) is 34.5 Å². The highest BCUT2D eigenvalue weighted by molar-refractivity contribution is 6.38. The van der Waals surface area contributed by atoms with E-state index in [4.69, 9.17) is 0 Å². The quantitative estimate of drug-likeness (QED) is 0.176. The van der Waals surface area contributed by atoms with E-state index in [1.165, 1.54) is 0 Å². The second-order valence-electron chi connectivity index (χ2n) is 17.0. The van der Waals surface area contributed by atoms with Gasteiger partial charge in [0.05, 0.1) is 6.04 Å². The van der Waals surface area contributed by atoms with E-state index < -0.39 is 47.1 Å². The van der Waals surface area contributed by atoms with Crippen LogP contribution in [0.5, 0.6) is 0 Å². The van der Waals surface area contributed by atoms with Crippen LogP contribution in [0.25, 0.3) is 0 Å². The Morgan fingerprint density at radius 3 is 2.21 bits per heavy atom. The van der Waals surface area contributed by atoms with Crippen LogP contribution in [0.2, 0.25) is 0 Å². The number of likely N-dealkylation sites (tertiary alicyclic amines) is 1. The van der Waals surface area contributed by atoms with E-state index >= 15 is 0 Å². The minimum Gasteiger partial charge on any atom is -0.337 e. The number of Topliss-reactive ketones (excluding diaryl/α,β-unsaturated/α-hetero) is 3. The molecular weight excluding hydrogens is 674 g/mol. The maximum atomic E-state index is 14.5. The molecule has 1 aromatic rings. The zero-order chi connectivity index (χ0) is 39.2. The molecule has 4 amide bonds. The molecule has 3 fully saturated rings. The second-order valence-corrected chi connectivity index (χ2v) is 17.0. The molecule has 3 heterocycles. The summed E-state index contributed by atoms with van der Waals surface area (Å²) in [7, 11) is 0. The average Bonchev–Trinajstić information content (AvgIpc) is 3.42. The molecule has 0 bridgehead atoms. The number of piperazine rings is 1. The predicted molar refractivity (Wildman–Crippen MR) is 203 cm³/mol. The maximum Gasteiger partial charge on any atom is 0.316 e. The minimum absolute atomic E-state index is 0.0650. The Labute approximate surface area is 315 Å². The number of unbranched alkanes of at least 4 members (excludes halogenated alkanes) is 1. The molecule has 4 rings (SSSR count). The zero-order valence-electron chi connectivity index (χ0n) is 33.0. The standard InChI is InChI=1S/C40H61N7O6/c1-10-12-15-26(33(50)28(48)16-13-11-2)23-29(49)32-30-27(40(30,8)9)24-47(32)36(52)34(39(5,6)7)44-38(53)43-31(25(3)4)35(51)45-19-21-46(22-20-45)37-41-17-14-18-42-37/h11,14,17-18,25-27,30-32,34H,2,10,12-13,15-16,19-24H2,1,3-9H3,(H2,43,44,53)/t26?,27-,30-,31-,32+,34+/m0/s1. The Hall–Kier alpha value is -4.16. The van der Waals surface area contributed by atoms with Crippen molar-refractivity contribution in [3.63, 3.8) is 0 Å². The van der Waals surface area contributed by atoms with Crippen LogP contribution in [-0.4, -0.2) is 106 Å². The zero-order valence-corrected chi connectivity index (χ0v) is 33.0. The Morgan fingerprint density at radius 2 is 1.64 bits per heavy atom. The van der Waals surface area contributed by atoms with Gasteiger partial charge in [0.25, 0.3) is 0 Å². The van der Waals surface area contributed by atoms with Gasteiger partial charge in [-0.1, -0.05) is 74.3 Å². The van der Waals surface area contributed by atoms with E-state index in [1.807, 2.05) is 46.4 Å². The Morgan fingerprint density at radius 1 is 1.00 bits per heavy atom. The van der Waals surface area contributed by atoms with Gasteiger partial charge in [0.2, 0.25) is 23.5 Å². The van der Waals surface area contributed by atoms with Gasteiger partial charge < -0.3 is 25.3 Å². The van der Waals surface area contributed by atoms with E-state index in [9.17, 15) is 28.8 Å². The minimum atomic E-state index is -1.01. The van der Waals surface area contributed by atoms with Crippen molar-refractivity contribution in [3.8, 4) is 0 Å². The van der Waals surface area contributed by atoms with Gasteiger partial charge in [-0.3, -0.25) is 24.0 Å². The molecule has 0 spiro atoms. The van der Waals surface area contributed by atoms with Crippen molar-refractivity contribution in [1.29, 1.82) is 0 Å². The molecule has 0 aromatic carbocycles. The molecule has 13 heteroatoms. The van der Waals surface area contributed by atoms with Crippen molar-refractivity contribution in [1.82, 2.24) is 30.4 Å². The summed E-state index contributed by atoms with van der Waals surface area (Å²) in [6, 6.07) is -1.48. The molecule has 13 nitrogen and oxygen atoms in total. The van der Waals surface area contributed by atoms with E-state index in [0.717, 1.165) is 6.42 Å². The molecule has 1 aromatic heterocycles. The summed E-state index contributed by atoms with van der Waals surface area (Å²) in [5.41, 5.74) is -0.902. The first-order valence-corrected chi connectivity index (χ1v) is 19.3. The summed E-state index contributed by atoms with van der Waals surface area (Å²) in [5, 5.41) is 5.74. The number of nitrogens with one attached hydrogen (secondary N) is 2. The third-order valence-corrected chi connectivity index (χ3v) is 11.4. The first kappa shape index (κ1) is 41.6. The number of urea groups is 1. The molecule has 2 N–H and O–H groups in total. The molecule has 1 unspecified atom stereocenters. The molecule has 2 aliphatic heterocycles. The summed E-state index contributed by atoms with van der Waals surface area (Å²) in [5.74, 6) is -2.15. The number of anilines is 1. The van der Waals surface area contributed by atoms with Crippen LogP contribution in [-0.2, 0) is 24.0 Å². The van der Waals surface area contributed by atoms with Crippen molar-refractivity contribution >= 4 is 41.1 Å². The molecule has 1 saturated carbocycles. The lowest BCUT2D eigenvalue weighted by Gasteiger charge is -2.39. The maximum absolute atomic E-state index is 14.5. The van der Waals surface area contributed by atoms with Crippen LogP contribution < -0.4 is 15.5 Å². The van der Waals surface area contributed by atoms with E-state index in [-0.39, 0.29) is 53.6 Å². The van der Waals surface area contributed by atoms with Crippen LogP contribution in [0.4, 0.5) is 10.7 Å². The summed E-state index contributed by atoms with van der Waals surface area (Å²) < 4.78 is 0. The van der Waals surface area contributed by atoms with Gasteiger partial charge in [0, 0.05) is 63.9 Å². The number of nitrogens with zero attached hydrogens (tertiary/aromatic N) is 5. The summed E-state index contributed by atoms with van der Waals surface area (Å²) in [4.78, 5) is 96.1. The van der Waals surface area contributed by atoms with Crippen molar-refractivity contribution in [2.45, 2.75) is 112 Å². The fourth-order valence-corrected chi connectivity index (χ4v) is 8.03. The number of hydrogen-bond donors (Lipinski definition) is 2. The monoisotopic (exact) mass is 735 g/mol. The van der Waals surface area contributed by atoms with Gasteiger partial charge in [0.1, 0.15) is 12.1 Å². The van der Waals surface area contributed by atoms with Crippen molar-refractivity contribution in [3.05, 3.63) is 31.1 Å². The number of aromatic nitrogens is 2. The topological polar surface area (TPSA) is 162 Å². The summed E-state index contributed by atoms with van der Waals surface area (Å²) in [6.07, 6.45) is 7.26. The molecule has 292 valence electrons. The number of allylic oxidation sites excluding steroid dienone is 1. The average molecular weight is 736 g/mol. The lowest BCUT2D eigenvalue weighted by atomic mass is 9.83. The highest BCUT2D eigenvalue weighted by Gasteiger charge is 2.69. The van der Waals surface area contributed by atoms with Crippen molar-refractivity contribution in [2.75, 3.05) is 37.6 Å². The van der Waals surface area contributed by atoms with E-state index in [1.54, 1.807) is 34.3 Å². The largest absolute Gasteiger partial charge is 0.337 e. The molecule has 3 aliphatic rings. The smallest absolute Gasteiger partial charge is 0.316 e. The van der Waals surface area contributed by atoms with Gasteiger partial charge in [-0.15, -0.1) is 6.58 Å². The first-order chi connectivity index (χ1) is 24.9. The Bertz CT molecular complexity index is 1510. The third-order valence-electron chi connectivity index (χ3n) is 11.4. The second kappa shape index (κ2) is 17.3.